The predicted octanol–water partition coefficient (Wildman–Crippen LogP) is 5.88. The molecule has 132 valence electrons. The van der Waals surface area contributed by atoms with Gasteiger partial charge in [0.05, 0.1) is 0 Å². The Morgan fingerprint density at radius 3 is 1.46 bits per heavy atom. The third-order valence-corrected chi connectivity index (χ3v) is 12.9. The van der Waals surface area contributed by atoms with Crippen LogP contribution >= 0.6 is 0 Å². The van der Waals surface area contributed by atoms with Crippen molar-refractivity contribution < 1.29 is 5.11 Å². The van der Waals surface area contributed by atoms with Crippen LogP contribution in [0.25, 0.3) is 6.08 Å². The van der Waals surface area contributed by atoms with Crippen LogP contribution in [0.3, 0.4) is 0 Å². The van der Waals surface area contributed by atoms with Gasteiger partial charge in [0.1, 0.15) is 0 Å². The molecule has 0 aliphatic carbocycles. The molecule has 0 amide bonds. The van der Waals surface area contributed by atoms with Crippen LogP contribution in [0.4, 0.5) is 0 Å². The van der Waals surface area contributed by atoms with Crippen LogP contribution < -0.4 is 0 Å². The van der Waals surface area contributed by atoms with Crippen molar-refractivity contribution in [3.8, 4) is 0 Å². The van der Waals surface area contributed by atoms with Gasteiger partial charge in [-0.2, -0.15) is 0 Å². The minimum absolute atomic E-state index is 0.934. The van der Waals surface area contributed by atoms with Crippen LogP contribution in [-0.4, -0.2) is 26.3 Å². The van der Waals surface area contributed by atoms with Gasteiger partial charge in [0, 0.05) is 0 Å². The molecule has 0 aliphatic rings. The quantitative estimate of drug-likeness (QED) is 0.403. The summed E-state index contributed by atoms with van der Waals surface area (Å²) in [5.74, 6) is 0. The molecule has 3 aromatic rings. The first kappa shape index (κ1) is 19.1. The van der Waals surface area contributed by atoms with E-state index in [1.807, 2.05) is 78.9 Å². The molecule has 26 heavy (non-hydrogen) atoms. The molecule has 0 saturated carbocycles. The molecule has 3 aromatic carbocycles. The summed E-state index contributed by atoms with van der Waals surface area (Å²) in [6.45, 7) is 0. The fraction of sp³-hybridized carbons (Fsp3) is 0.167. The van der Waals surface area contributed by atoms with Crippen LogP contribution in [0.15, 0.2) is 94.1 Å². The average Bonchev–Trinajstić information content (AvgIpc) is 2.67. The van der Waals surface area contributed by atoms with Gasteiger partial charge < -0.3 is 0 Å². The summed E-state index contributed by atoms with van der Waals surface area (Å²) >= 11 is -2.84. The van der Waals surface area contributed by atoms with Gasteiger partial charge in [0.2, 0.25) is 0 Å². The third-order valence-electron chi connectivity index (χ3n) is 4.69. The molecule has 2 heteroatoms. The first-order valence-corrected chi connectivity index (χ1v) is 22.6. The summed E-state index contributed by atoms with van der Waals surface area (Å²) < 4.78 is 8.31. The molecule has 0 saturated heterocycles. The molecule has 0 spiro atoms. The standard InChI is InChI=1S/C21H17O.3CH3.Pb/c22-21(19-12-6-2-7-13-19,20-14-8-3-9-15-20)17-16-18-10-4-1-5-11-18;;;;/h1-16,22H;3*1H3;. The maximum atomic E-state index is 12.2. The molecule has 0 radical (unpaired) electrons. The number of hydrogen-bond donors (Lipinski definition) is 1. The zero-order valence-electron chi connectivity index (χ0n) is 15.7. The van der Waals surface area contributed by atoms with Crippen molar-refractivity contribution in [3.05, 3.63) is 111 Å². The van der Waals surface area contributed by atoms with Crippen LogP contribution in [0.2, 0.25) is 13.4 Å². The maximum absolute atomic E-state index is 12.2. The van der Waals surface area contributed by atoms with Crippen molar-refractivity contribution in [2.24, 2.45) is 0 Å². The molecule has 0 bridgehead atoms. The van der Waals surface area contributed by atoms with Gasteiger partial charge in [-0.3, -0.25) is 0 Å². The Hall–Kier alpha value is -1.72. The van der Waals surface area contributed by atoms with E-state index < -0.39 is 26.8 Å². The molecule has 0 heterocycles. The Kier molecular flexibility index (Phi) is 5.78. The number of rotatable bonds is 5. The van der Waals surface area contributed by atoms with E-state index in [1.54, 1.807) is 0 Å². The van der Waals surface area contributed by atoms with E-state index in [9.17, 15) is 5.11 Å². The number of aliphatic hydroxyl groups is 1. The minimum atomic E-state index is -2.84. The zero-order chi connectivity index (χ0) is 18.6. The zero-order valence-corrected chi connectivity index (χ0v) is 19.6. The molecule has 0 atom stereocenters. The van der Waals surface area contributed by atoms with Crippen molar-refractivity contribution in [1.82, 2.24) is 0 Å². The topological polar surface area (TPSA) is 20.2 Å². The molecule has 0 fully saturated rings. The van der Waals surface area contributed by atoms with E-state index in [0.29, 0.717) is 0 Å². The Bertz CT molecular complexity index is 823. The van der Waals surface area contributed by atoms with Gasteiger partial charge in [0.15, 0.2) is 0 Å². The molecule has 1 N–H and O–H groups in total. The molecule has 0 aliphatic heterocycles. The molecule has 3 rings (SSSR count). The fourth-order valence-electron chi connectivity index (χ4n) is 3.42. The molecule has 1 nitrogen and oxygen atoms in total. The Morgan fingerprint density at radius 2 is 1.08 bits per heavy atom. The third kappa shape index (κ3) is 3.99. The Labute approximate surface area is 161 Å². The van der Waals surface area contributed by atoms with Crippen LogP contribution in [0.5, 0.6) is 0 Å². The summed E-state index contributed by atoms with van der Waals surface area (Å²) in [5.41, 5.74) is 1.91. The second-order valence-electron chi connectivity index (χ2n) is 7.66. The summed E-state index contributed by atoms with van der Waals surface area (Å²) in [7, 11) is 0. The first-order valence-electron chi connectivity index (χ1n) is 9.03. The SMILES string of the molecule is [CH3][Pb]([CH3])([CH3])/[C](=C\c1ccccc1)C(O)(c1ccccc1)c1ccccc1. The number of hydrogen-bond acceptors (Lipinski definition) is 1. The van der Waals surface area contributed by atoms with Crippen molar-refractivity contribution >= 4 is 27.2 Å². The van der Waals surface area contributed by atoms with Gasteiger partial charge in [-0.1, -0.05) is 0 Å². The van der Waals surface area contributed by atoms with Gasteiger partial charge >= 0.3 is 162 Å². The van der Waals surface area contributed by atoms with Crippen molar-refractivity contribution in [2.75, 3.05) is 0 Å². The van der Waals surface area contributed by atoms with Gasteiger partial charge in [0.25, 0.3) is 0 Å². The summed E-state index contributed by atoms with van der Waals surface area (Å²) in [4.78, 5) is 0. The Morgan fingerprint density at radius 1 is 0.692 bits per heavy atom. The average molecular weight is 538 g/mol. The summed E-state index contributed by atoms with van der Waals surface area (Å²) in [6, 6.07) is 30.5. The fourth-order valence-corrected chi connectivity index (χ4v) is 11.1. The normalized spacial score (nSPS) is 12.8. The molecular weight excluding hydrogens is 511 g/mol. The number of benzene rings is 3. The second kappa shape index (κ2) is 7.89. The second-order valence-corrected chi connectivity index (χ2v) is 27.2. The van der Waals surface area contributed by atoms with E-state index in [4.69, 9.17) is 0 Å². The van der Waals surface area contributed by atoms with Gasteiger partial charge in [-0.15, -0.1) is 0 Å². The summed E-state index contributed by atoms with van der Waals surface area (Å²) in [5, 5.41) is 12.2. The molecule has 0 unspecified atom stereocenters. The monoisotopic (exact) mass is 538 g/mol. The van der Waals surface area contributed by atoms with Crippen LogP contribution in [0, 0.1) is 0 Å². The molecular formula is C24H26OPb. The van der Waals surface area contributed by atoms with Gasteiger partial charge in [-0.05, 0) is 0 Å². The summed E-state index contributed by atoms with van der Waals surface area (Å²) in [6.07, 6.45) is 2.22. The van der Waals surface area contributed by atoms with E-state index in [0.717, 1.165) is 16.7 Å². The first-order chi connectivity index (χ1) is 12.4. The van der Waals surface area contributed by atoms with Crippen molar-refractivity contribution in [2.45, 2.75) is 19.0 Å². The van der Waals surface area contributed by atoms with E-state index in [-0.39, 0.29) is 0 Å². The Balaban J connectivity index is 2.29. The van der Waals surface area contributed by atoms with Crippen molar-refractivity contribution in [3.63, 3.8) is 0 Å². The molecule has 0 aromatic heterocycles. The van der Waals surface area contributed by atoms with Crippen LogP contribution in [0.1, 0.15) is 16.7 Å². The van der Waals surface area contributed by atoms with E-state index in [2.05, 4.69) is 31.7 Å². The van der Waals surface area contributed by atoms with Crippen LogP contribution in [-0.2, 0) is 5.60 Å². The van der Waals surface area contributed by atoms with Crippen molar-refractivity contribution in [1.29, 1.82) is 0 Å². The van der Waals surface area contributed by atoms with Gasteiger partial charge in [-0.25, -0.2) is 0 Å². The van der Waals surface area contributed by atoms with E-state index in [1.165, 1.54) is 3.13 Å². The van der Waals surface area contributed by atoms with E-state index >= 15 is 0 Å². The predicted molar refractivity (Wildman–Crippen MR) is 114 cm³/mol.